The fraction of sp³-hybridized carbons (Fsp3) is 0.914. The summed E-state index contributed by atoms with van der Waals surface area (Å²) in [5.41, 5.74) is 0.885. The number of carboxylic acids is 1. The number of carbonyl (C=O) groups is 1. The van der Waals surface area contributed by atoms with E-state index in [4.69, 9.17) is 9.47 Å². The molecule has 4 saturated carbocycles. The molecule has 0 aromatic rings. The van der Waals surface area contributed by atoms with Crippen molar-refractivity contribution in [2.24, 2.45) is 56.7 Å². The largest absolute Gasteiger partial charge is 0.481 e. The molecule has 0 aromatic heterocycles. The maximum atomic E-state index is 13.0. The molecule has 7 heteroatoms. The molecule has 0 spiro atoms. The SMILES string of the molecule is C[C@H]1[C@H](C)CC[C@]2(C(=O)O)CC[C@]3(C)C(=CC[C@@H]4[C@@]5(C)CC[C@H](O[C@@H]6OC[C@H](O)[C@@H](O)[C@H]6O)C(C)(C)[C@@H]5CC[C@]43C)[C@H]12. The van der Waals surface area contributed by atoms with Crippen LogP contribution in [0.15, 0.2) is 11.6 Å². The van der Waals surface area contributed by atoms with Gasteiger partial charge in [-0.25, -0.2) is 0 Å². The van der Waals surface area contributed by atoms with Gasteiger partial charge in [0, 0.05) is 0 Å². The van der Waals surface area contributed by atoms with E-state index in [2.05, 4.69) is 54.5 Å². The predicted molar refractivity (Wildman–Crippen MR) is 159 cm³/mol. The van der Waals surface area contributed by atoms with Crippen LogP contribution in [0.4, 0.5) is 0 Å². The quantitative estimate of drug-likeness (QED) is 0.252. The minimum atomic E-state index is -1.27. The molecule has 0 aromatic carbocycles. The van der Waals surface area contributed by atoms with E-state index in [1.165, 1.54) is 5.57 Å². The highest BCUT2D eigenvalue weighted by Gasteiger charge is 2.69. The molecule has 6 aliphatic rings. The van der Waals surface area contributed by atoms with Crippen LogP contribution in [0, 0.1) is 56.7 Å². The molecule has 42 heavy (non-hydrogen) atoms. The number of aliphatic carboxylic acids is 1. The molecule has 5 aliphatic carbocycles. The first kappa shape index (κ1) is 31.0. The number of rotatable bonds is 3. The van der Waals surface area contributed by atoms with Crippen LogP contribution in [-0.2, 0) is 14.3 Å². The Morgan fingerprint density at radius 1 is 0.905 bits per heavy atom. The Balaban J connectivity index is 1.31. The molecule has 0 amide bonds. The smallest absolute Gasteiger partial charge is 0.310 e. The number of ether oxygens (including phenoxy) is 2. The summed E-state index contributed by atoms with van der Waals surface area (Å²) in [6.07, 6.45) is 6.46. The Kier molecular flexibility index (Phi) is 7.39. The highest BCUT2D eigenvalue weighted by molar-refractivity contribution is 5.76. The van der Waals surface area contributed by atoms with Gasteiger partial charge in [-0.3, -0.25) is 4.79 Å². The highest BCUT2D eigenvalue weighted by Crippen LogP contribution is 2.76. The van der Waals surface area contributed by atoms with Gasteiger partial charge in [0.1, 0.15) is 18.3 Å². The fourth-order valence-corrected chi connectivity index (χ4v) is 12.1. The Hall–Kier alpha value is -0.990. The summed E-state index contributed by atoms with van der Waals surface area (Å²) < 4.78 is 12.1. The number of aliphatic hydroxyl groups is 3. The Bertz CT molecular complexity index is 1120. The summed E-state index contributed by atoms with van der Waals surface area (Å²) in [7, 11) is 0. The van der Waals surface area contributed by atoms with Crippen molar-refractivity contribution >= 4 is 5.97 Å². The van der Waals surface area contributed by atoms with Crippen LogP contribution < -0.4 is 0 Å². The molecular formula is C35H56O7. The first-order valence-electron chi connectivity index (χ1n) is 16.8. The Morgan fingerprint density at radius 3 is 2.31 bits per heavy atom. The van der Waals surface area contributed by atoms with Gasteiger partial charge in [0.2, 0.25) is 0 Å². The molecule has 1 saturated heterocycles. The van der Waals surface area contributed by atoms with Crippen LogP contribution >= 0.6 is 0 Å². The number of hydrogen-bond donors (Lipinski definition) is 4. The van der Waals surface area contributed by atoms with Gasteiger partial charge < -0.3 is 29.9 Å². The van der Waals surface area contributed by atoms with E-state index in [0.717, 1.165) is 57.8 Å². The average Bonchev–Trinajstić information content (AvgIpc) is 2.92. The molecule has 4 N–H and O–H groups in total. The number of aliphatic hydroxyl groups excluding tert-OH is 3. The first-order valence-corrected chi connectivity index (χ1v) is 16.8. The molecule has 5 fully saturated rings. The van der Waals surface area contributed by atoms with E-state index in [-0.39, 0.29) is 40.3 Å². The van der Waals surface area contributed by atoms with Crippen molar-refractivity contribution in [2.45, 2.75) is 137 Å². The van der Waals surface area contributed by atoms with E-state index >= 15 is 0 Å². The van der Waals surface area contributed by atoms with Crippen LogP contribution in [0.2, 0.25) is 0 Å². The second kappa shape index (κ2) is 10.0. The third-order valence-corrected chi connectivity index (χ3v) is 15.1. The fourth-order valence-electron chi connectivity index (χ4n) is 12.1. The number of allylic oxidation sites excluding steroid dienone is 2. The molecule has 0 unspecified atom stereocenters. The average molecular weight is 589 g/mol. The lowest BCUT2D eigenvalue weighted by Gasteiger charge is -2.71. The Labute approximate surface area is 252 Å². The lowest BCUT2D eigenvalue weighted by molar-refractivity contribution is -0.308. The maximum Gasteiger partial charge on any atom is 0.310 e. The van der Waals surface area contributed by atoms with E-state index in [9.17, 15) is 25.2 Å². The van der Waals surface area contributed by atoms with Crippen LogP contribution in [0.25, 0.3) is 0 Å². The predicted octanol–water partition coefficient (Wildman–Crippen LogP) is 5.55. The summed E-state index contributed by atoms with van der Waals surface area (Å²) in [6.45, 7) is 16.8. The Morgan fingerprint density at radius 2 is 1.62 bits per heavy atom. The van der Waals surface area contributed by atoms with Gasteiger partial charge in [-0.1, -0.05) is 60.1 Å². The van der Waals surface area contributed by atoms with Gasteiger partial charge in [0.05, 0.1) is 18.1 Å². The van der Waals surface area contributed by atoms with Crippen molar-refractivity contribution in [3.63, 3.8) is 0 Å². The molecule has 7 nitrogen and oxygen atoms in total. The normalized spacial score (nSPS) is 55.3. The topological polar surface area (TPSA) is 116 Å². The molecule has 6 rings (SSSR count). The number of hydrogen-bond acceptors (Lipinski definition) is 6. The van der Waals surface area contributed by atoms with Crippen molar-refractivity contribution in [3.8, 4) is 0 Å². The first-order chi connectivity index (χ1) is 19.5. The zero-order chi connectivity index (χ0) is 30.6. The molecule has 1 aliphatic heterocycles. The van der Waals surface area contributed by atoms with Gasteiger partial charge >= 0.3 is 5.97 Å². The van der Waals surface area contributed by atoms with E-state index < -0.39 is 36.0 Å². The second-order valence-corrected chi connectivity index (χ2v) is 16.8. The minimum Gasteiger partial charge on any atom is -0.481 e. The second-order valence-electron chi connectivity index (χ2n) is 16.8. The molecule has 1 heterocycles. The van der Waals surface area contributed by atoms with Crippen molar-refractivity contribution in [2.75, 3.05) is 6.61 Å². The summed E-state index contributed by atoms with van der Waals surface area (Å²) in [5, 5.41) is 41.4. The number of fused-ring (bicyclic) bond motifs is 7. The van der Waals surface area contributed by atoms with E-state index in [1.54, 1.807) is 0 Å². The van der Waals surface area contributed by atoms with Crippen LogP contribution in [0.5, 0.6) is 0 Å². The summed E-state index contributed by atoms with van der Waals surface area (Å²) in [5.74, 6) is 1.38. The monoisotopic (exact) mass is 588 g/mol. The van der Waals surface area contributed by atoms with Crippen molar-refractivity contribution in [1.29, 1.82) is 0 Å². The lowest BCUT2D eigenvalue weighted by Crippen LogP contribution is -2.66. The summed E-state index contributed by atoms with van der Waals surface area (Å²) in [6, 6.07) is 0. The highest BCUT2D eigenvalue weighted by atomic mass is 16.7. The van der Waals surface area contributed by atoms with Crippen molar-refractivity contribution in [3.05, 3.63) is 11.6 Å². The minimum absolute atomic E-state index is 0.00660. The zero-order valence-corrected chi connectivity index (χ0v) is 26.9. The van der Waals surface area contributed by atoms with Crippen molar-refractivity contribution < 1.29 is 34.7 Å². The maximum absolute atomic E-state index is 13.0. The van der Waals surface area contributed by atoms with Crippen LogP contribution in [0.3, 0.4) is 0 Å². The molecule has 238 valence electrons. The summed E-state index contributed by atoms with van der Waals surface area (Å²) >= 11 is 0. The van der Waals surface area contributed by atoms with Gasteiger partial charge in [0.25, 0.3) is 0 Å². The van der Waals surface area contributed by atoms with Gasteiger partial charge in [-0.15, -0.1) is 0 Å². The third kappa shape index (κ3) is 3.98. The molecule has 14 atom stereocenters. The molecule has 0 bridgehead atoms. The molecular weight excluding hydrogens is 532 g/mol. The van der Waals surface area contributed by atoms with E-state index in [1.807, 2.05) is 0 Å². The van der Waals surface area contributed by atoms with Gasteiger partial charge in [0.15, 0.2) is 6.29 Å². The van der Waals surface area contributed by atoms with Crippen molar-refractivity contribution in [1.82, 2.24) is 0 Å². The zero-order valence-electron chi connectivity index (χ0n) is 26.9. The summed E-state index contributed by atoms with van der Waals surface area (Å²) in [4.78, 5) is 13.0. The van der Waals surface area contributed by atoms with Crippen LogP contribution in [0.1, 0.15) is 106 Å². The molecule has 0 radical (unpaired) electrons. The van der Waals surface area contributed by atoms with Gasteiger partial charge in [-0.05, 0) is 109 Å². The van der Waals surface area contributed by atoms with E-state index in [0.29, 0.717) is 23.7 Å². The van der Waals surface area contributed by atoms with Gasteiger partial charge in [-0.2, -0.15) is 0 Å². The third-order valence-electron chi connectivity index (χ3n) is 15.1. The number of carboxylic acid groups (broad SMARTS) is 1. The lowest BCUT2D eigenvalue weighted by atomic mass is 9.33. The standard InChI is InChI=1S/C35H56O7/c1-19-10-15-35(30(39)40)17-16-33(6)21(26(35)20(19)2)8-9-24-32(5)13-12-25(31(3,4)23(32)11-14-34(24,33)7)42-29-28(38)27(37)22(36)18-41-29/h8,19-20,22-29,36-38H,9-18H2,1-7H3,(H,39,40)/t19-,20+,22+,23+,24-,25+,26+,27-,28-,29+,32+,33-,34-,35+/m1/s1. The van der Waals surface area contributed by atoms with Crippen LogP contribution in [-0.4, -0.2) is 63.7 Å².